The number of nitrogens with one attached hydrogen (secondary N) is 1. The van der Waals surface area contributed by atoms with E-state index in [0.29, 0.717) is 34.8 Å². The third-order valence-electron chi connectivity index (χ3n) is 5.59. The largest absolute Gasteiger partial charge is 0.440 e. The average molecular weight is 421 g/mol. The molecule has 0 unspecified atom stereocenters. The van der Waals surface area contributed by atoms with Crippen molar-refractivity contribution in [3.8, 4) is 0 Å². The van der Waals surface area contributed by atoms with Gasteiger partial charge in [0.05, 0.1) is 23.7 Å². The molecule has 1 N–H and O–H groups in total. The number of amides is 1. The van der Waals surface area contributed by atoms with Crippen molar-refractivity contribution in [1.29, 1.82) is 5.41 Å². The molecule has 2 aromatic carbocycles. The van der Waals surface area contributed by atoms with Crippen LogP contribution in [0.2, 0.25) is 0 Å². The maximum absolute atomic E-state index is 13.5. The maximum atomic E-state index is 13.5. The Morgan fingerprint density at radius 1 is 1.32 bits per heavy atom. The lowest BCUT2D eigenvalue weighted by Crippen LogP contribution is -2.45. The summed E-state index contributed by atoms with van der Waals surface area (Å²) in [4.78, 5) is 19.8. The van der Waals surface area contributed by atoms with Crippen molar-refractivity contribution < 1.29 is 13.6 Å². The molecule has 0 saturated carbocycles. The fraction of sp³-hybridized carbons (Fsp3) is 0.348. The minimum absolute atomic E-state index is 0.0532. The summed E-state index contributed by atoms with van der Waals surface area (Å²) in [5.41, 5.74) is 2.96. The molecular formula is C23H24FN5O2. The molecule has 160 valence electrons. The molecule has 1 aromatic heterocycles. The number of oxazole rings is 1. The Bertz CT molecular complexity index is 1160. The Labute approximate surface area is 179 Å². The number of hydrogen-bond donors (Lipinski definition) is 1. The molecule has 0 bridgehead atoms. The number of carbonyl (C=O) groups excluding carboxylic acids is 1. The highest BCUT2D eigenvalue weighted by Gasteiger charge is 2.33. The molecule has 1 saturated heterocycles. The summed E-state index contributed by atoms with van der Waals surface area (Å²) in [6.07, 6.45) is 2.79. The molecule has 31 heavy (non-hydrogen) atoms. The Hall–Kier alpha value is -3.42. The Morgan fingerprint density at radius 3 is 2.97 bits per heavy atom. The van der Waals surface area contributed by atoms with Gasteiger partial charge in [0.1, 0.15) is 11.3 Å². The summed E-state index contributed by atoms with van der Waals surface area (Å²) < 4.78 is 19.4. The van der Waals surface area contributed by atoms with Crippen molar-refractivity contribution in [2.45, 2.75) is 38.6 Å². The van der Waals surface area contributed by atoms with Crippen molar-refractivity contribution in [2.24, 2.45) is 10.2 Å². The van der Waals surface area contributed by atoms with Crippen LogP contribution in [-0.4, -0.2) is 41.1 Å². The summed E-state index contributed by atoms with van der Waals surface area (Å²) in [6.45, 7) is 4.58. The van der Waals surface area contributed by atoms with Crippen molar-refractivity contribution in [3.63, 3.8) is 0 Å². The lowest BCUT2D eigenvalue weighted by molar-refractivity contribution is 0.0598. The summed E-state index contributed by atoms with van der Waals surface area (Å²) in [5.74, 6) is -0.0127. The quantitative estimate of drug-likeness (QED) is 0.440. The first-order valence-corrected chi connectivity index (χ1v) is 10.3. The highest BCUT2D eigenvalue weighted by Crippen LogP contribution is 2.34. The van der Waals surface area contributed by atoms with Gasteiger partial charge in [0.25, 0.3) is 5.91 Å². The molecule has 8 heteroatoms. The number of likely N-dealkylation sites (tertiary alicyclic amines) is 1. The number of hydrogen-bond acceptors (Lipinski definition) is 6. The summed E-state index contributed by atoms with van der Waals surface area (Å²) in [7, 11) is 0. The van der Waals surface area contributed by atoms with E-state index in [1.165, 1.54) is 12.1 Å². The summed E-state index contributed by atoms with van der Waals surface area (Å²) in [6, 6.07) is 9.81. The highest BCUT2D eigenvalue weighted by molar-refractivity contribution is 5.99. The smallest absolute Gasteiger partial charge is 0.256 e. The predicted molar refractivity (Wildman–Crippen MR) is 116 cm³/mol. The Kier molecular flexibility index (Phi) is 5.88. The van der Waals surface area contributed by atoms with E-state index in [2.05, 4.69) is 15.2 Å². The molecule has 2 heterocycles. The Balaban J connectivity index is 1.61. The van der Waals surface area contributed by atoms with Gasteiger partial charge >= 0.3 is 0 Å². The molecule has 7 nitrogen and oxygen atoms in total. The van der Waals surface area contributed by atoms with Crippen molar-refractivity contribution in [2.75, 3.05) is 13.1 Å². The minimum atomic E-state index is -0.356. The normalized spacial score (nSPS) is 19.3. The molecule has 2 atom stereocenters. The number of rotatable bonds is 5. The topological polar surface area (TPSA) is 94.9 Å². The van der Waals surface area contributed by atoms with E-state index in [1.807, 2.05) is 30.9 Å². The average Bonchev–Trinajstić information content (AvgIpc) is 3.18. The number of fused-ring (bicyclic) bond motifs is 1. The number of aryl methyl sites for hydroxylation is 1. The Morgan fingerprint density at radius 2 is 2.16 bits per heavy atom. The second-order valence-corrected chi connectivity index (χ2v) is 7.89. The number of benzene rings is 2. The molecular weight excluding hydrogens is 397 g/mol. The lowest BCUT2D eigenvalue weighted by Gasteiger charge is -2.37. The summed E-state index contributed by atoms with van der Waals surface area (Å²) in [5, 5.41) is 15.2. The van der Waals surface area contributed by atoms with Crippen molar-refractivity contribution in [1.82, 2.24) is 9.88 Å². The second-order valence-electron chi connectivity index (χ2n) is 7.89. The van der Waals surface area contributed by atoms with Gasteiger partial charge in [0, 0.05) is 24.9 Å². The van der Waals surface area contributed by atoms with Crippen LogP contribution < -0.4 is 0 Å². The zero-order chi connectivity index (χ0) is 22.0. The molecule has 0 aliphatic carbocycles. The third kappa shape index (κ3) is 4.38. The van der Waals surface area contributed by atoms with Crippen molar-refractivity contribution in [3.05, 3.63) is 59.2 Å². The molecule has 3 aromatic rings. The van der Waals surface area contributed by atoms with Crippen LogP contribution in [0.1, 0.15) is 47.5 Å². The van der Waals surface area contributed by atoms with E-state index in [4.69, 9.17) is 9.83 Å². The number of aromatic nitrogens is 1. The molecule has 1 aliphatic heterocycles. The van der Waals surface area contributed by atoms with Crippen LogP contribution >= 0.6 is 0 Å². The van der Waals surface area contributed by atoms with E-state index >= 15 is 0 Å². The standard InChI is InChI=1S/C23H24FN5O2/c1-14-3-7-19(28-26-10-9-25)18(11-14)23(30)29-13-16(5-4-15(29)2)22-27-20-12-17(24)6-8-21(20)31-22/h3,6-9,11-12,15-16,25H,4-5,10,13H2,1-2H3/t15-,16-/m1/s1. The van der Waals surface area contributed by atoms with Gasteiger partial charge in [-0.2, -0.15) is 10.2 Å². The van der Waals surface area contributed by atoms with E-state index in [0.717, 1.165) is 24.6 Å². The van der Waals surface area contributed by atoms with Crippen LogP contribution in [0.25, 0.3) is 11.1 Å². The van der Waals surface area contributed by atoms with Gasteiger partial charge in [-0.15, -0.1) is 0 Å². The SMILES string of the molecule is Cc1ccc(N=NCC=N)c(C(=O)N2C[C@H](c3nc4cc(F)ccc4o3)CC[C@H]2C)c1. The van der Waals surface area contributed by atoms with E-state index in [1.54, 1.807) is 12.1 Å². The summed E-state index contributed by atoms with van der Waals surface area (Å²) >= 11 is 0. The fourth-order valence-electron chi connectivity index (χ4n) is 3.91. The van der Waals surface area contributed by atoms with Gasteiger partial charge in [-0.3, -0.25) is 4.79 Å². The van der Waals surface area contributed by atoms with Crippen LogP contribution in [0.15, 0.2) is 51.0 Å². The fourth-order valence-corrected chi connectivity index (χ4v) is 3.91. The van der Waals surface area contributed by atoms with Gasteiger partial charge in [-0.1, -0.05) is 11.6 Å². The number of halogens is 1. The molecule has 4 rings (SSSR count). The number of azo groups is 1. The minimum Gasteiger partial charge on any atom is -0.440 e. The molecule has 1 fully saturated rings. The van der Waals surface area contributed by atoms with Gasteiger partial charge in [0.15, 0.2) is 11.5 Å². The maximum Gasteiger partial charge on any atom is 0.256 e. The van der Waals surface area contributed by atoms with Gasteiger partial charge < -0.3 is 14.7 Å². The zero-order valence-electron chi connectivity index (χ0n) is 17.5. The predicted octanol–water partition coefficient (Wildman–Crippen LogP) is 5.42. The van der Waals surface area contributed by atoms with Gasteiger partial charge in [-0.25, -0.2) is 9.37 Å². The van der Waals surface area contributed by atoms with Gasteiger partial charge in [0.2, 0.25) is 0 Å². The number of nitrogens with zero attached hydrogens (tertiary/aromatic N) is 4. The molecule has 1 amide bonds. The van der Waals surface area contributed by atoms with Gasteiger partial charge in [-0.05, 0) is 51.0 Å². The molecule has 0 spiro atoms. The monoisotopic (exact) mass is 421 g/mol. The van der Waals surface area contributed by atoms with Crippen LogP contribution in [0.5, 0.6) is 0 Å². The van der Waals surface area contributed by atoms with Crippen LogP contribution in [-0.2, 0) is 0 Å². The first kappa shape index (κ1) is 20.8. The second kappa shape index (κ2) is 8.75. The van der Waals surface area contributed by atoms with Crippen molar-refractivity contribution >= 4 is 28.9 Å². The molecule has 1 aliphatic rings. The van der Waals surface area contributed by atoms with Crippen LogP contribution in [0.4, 0.5) is 10.1 Å². The van der Waals surface area contributed by atoms with Crippen LogP contribution in [0.3, 0.4) is 0 Å². The van der Waals surface area contributed by atoms with E-state index in [9.17, 15) is 9.18 Å². The first-order valence-electron chi connectivity index (χ1n) is 10.3. The highest BCUT2D eigenvalue weighted by atomic mass is 19.1. The van der Waals surface area contributed by atoms with E-state index < -0.39 is 0 Å². The zero-order valence-corrected chi connectivity index (χ0v) is 17.5. The third-order valence-corrected chi connectivity index (χ3v) is 5.59. The number of carbonyl (C=O) groups is 1. The molecule has 0 radical (unpaired) electrons. The number of piperidine rings is 1. The first-order chi connectivity index (χ1) is 15.0. The van der Waals surface area contributed by atoms with Crippen LogP contribution in [0, 0.1) is 18.2 Å². The lowest BCUT2D eigenvalue weighted by atomic mass is 9.92. The van der Waals surface area contributed by atoms with E-state index in [-0.39, 0.29) is 30.2 Å².